The van der Waals surface area contributed by atoms with Crippen LogP contribution in [0.3, 0.4) is 0 Å². The van der Waals surface area contributed by atoms with Gasteiger partial charge in [-0.05, 0) is 37.8 Å². The van der Waals surface area contributed by atoms with E-state index in [-0.39, 0.29) is 0 Å². The zero-order valence-electron chi connectivity index (χ0n) is 10.1. The van der Waals surface area contributed by atoms with E-state index in [0.29, 0.717) is 6.04 Å². The Bertz CT molecular complexity index is 398. The fourth-order valence-corrected chi connectivity index (χ4v) is 3.41. The summed E-state index contributed by atoms with van der Waals surface area (Å²) >= 11 is 0. The van der Waals surface area contributed by atoms with Crippen LogP contribution in [0, 0.1) is 0 Å². The molecule has 3 rings (SSSR count). The van der Waals surface area contributed by atoms with E-state index in [0.717, 1.165) is 17.9 Å². The highest BCUT2D eigenvalue weighted by Crippen LogP contribution is 2.40. The molecule has 1 aromatic carbocycles. The second kappa shape index (κ2) is 4.61. The van der Waals surface area contributed by atoms with E-state index >= 15 is 0 Å². The van der Waals surface area contributed by atoms with Crippen LogP contribution in [0.15, 0.2) is 24.3 Å². The molecular weight excluding hydrogens is 210 g/mol. The maximum Gasteiger partial charge on any atom is 0.150 e. The molecule has 2 aliphatic heterocycles. The lowest BCUT2D eigenvalue weighted by molar-refractivity contribution is 0.112. The third-order valence-corrected chi connectivity index (χ3v) is 4.30. The molecule has 2 fully saturated rings. The van der Waals surface area contributed by atoms with E-state index in [1.54, 1.807) is 0 Å². The molecule has 0 N–H and O–H groups in total. The minimum atomic E-state index is 0.598. The van der Waals surface area contributed by atoms with Crippen molar-refractivity contribution in [1.29, 1.82) is 0 Å². The highest BCUT2D eigenvalue weighted by atomic mass is 16.1. The summed E-state index contributed by atoms with van der Waals surface area (Å²) in [6.07, 6.45) is 7.67. The molecule has 0 aromatic heterocycles. The van der Waals surface area contributed by atoms with Crippen molar-refractivity contribution in [3.05, 3.63) is 35.4 Å². The number of aldehydes is 1. The Labute approximate surface area is 103 Å². The summed E-state index contributed by atoms with van der Waals surface area (Å²) in [5.74, 6) is 0. The molecule has 17 heavy (non-hydrogen) atoms. The molecule has 2 nitrogen and oxygen atoms in total. The van der Waals surface area contributed by atoms with Crippen LogP contribution in [0.4, 0.5) is 0 Å². The molecule has 2 aliphatic rings. The number of hydrogen-bond acceptors (Lipinski definition) is 2. The Morgan fingerprint density at radius 1 is 1.06 bits per heavy atom. The summed E-state index contributed by atoms with van der Waals surface area (Å²) < 4.78 is 0. The molecule has 0 radical (unpaired) electrons. The number of hydrogen-bond donors (Lipinski definition) is 0. The van der Waals surface area contributed by atoms with Crippen LogP contribution in [0.5, 0.6) is 0 Å². The third kappa shape index (κ3) is 2.02. The number of piperidine rings is 1. The van der Waals surface area contributed by atoms with Gasteiger partial charge >= 0.3 is 0 Å². The summed E-state index contributed by atoms with van der Waals surface area (Å²) in [5.41, 5.74) is 2.17. The number of nitrogens with zero attached hydrogens (tertiary/aromatic N) is 1. The van der Waals surface area contributed by atoms with Gasteiger partial charge in [-0.1, -0.05) is 30.7 Å². The number of benzene rings is 1. The Morgan fingerprint density at radius 3 is 2.65 bits per heavy atom. The predicted molar refractivity (Wildman–Crippen MR) is 68.1 cm³/mol. The minimum Gasteiger partial charge on any atom is -0.298 e. The van der Waals surface area contributed by atoms with Gasteiger partial charge < -0.3 is 0 Å². The van der Waals surface area contributed by atoms with Crippen molar-refractivity contribution in [3.8, 4) is 0 Å². The van der Waals surface area contributed by atoms with Gasteiger partial charge in [-0.25, -0.2) is 0 Å². The average molecular weight is 229 g/mol. The molecule has 0 amide bonds. The Kier molecular flexibility index (Phi) is 2.98. The highest BCUT2D eigenvalue weighted by molar-refractivity contribution is 5.74. The van der Waals surface area contributed by atoms with E-state index in [1.807, 2.05) is 12.1 Å². The lowest BCUT2D eigenvalue weighted by Crippen LogP contribution is -2.35. The Hall–Kier alpha value is -1.15. The van der Waals surface area contributed by atoms with Gasteiger partial charge in [-0.2, -0.15) is 0 Å². The molecule has 0 saturated carbocycles. The van der Waals surface area contributed by atoms with Crippen molar-refractivity contribution in [2.75, 3.05) is 6.54 Å². The summed E-state index contributed by atoms with van der Waals surface area (Å²) in [6.45, 7) is 1.25. The van der Waals surface area contributed by atoms with E-state index in [4.69, 9.17) is 0 Å². The van der Waals surface area contributed by atoms with Gasteiger partial charge in [-0.3, -0.25) is 9.69 Å². The lowest BCUT2D eigenvalue weighted by atomic mass is 10.0. The van der Waals surface area contributed by atoms with Crippen LogP contribution in [0.1, 0.15) is 54.1 Å². The molecule has 2 heterocycles. The van der Waals surface area contributed by atoms with Gasteiger partial charge in [0.25, 0.3) is 0 Å². The zero-order chi connectivity index (χ0) is 11.7. The maximum absolute atomic E-state index is 10.7. The summed E-state index contributed by atoms with van der Waals surface area (Å²) in [4.78, 5) is 13.3. The molecule has 90 valence electrons. The van der Waals surface area contributed by atoms with Crippen molar-refractivity contribution in [1.82, 2.24) is 4.90 Å². The topological polar surface area (TPSA) is 20.3 Å². The number of carbonyl (C=O) groups is 1. The van der Waals surface area contributed by atoms with Gasteiger partial charge in [-0.15, -0.1) is 0 Å². The molecule has 2 saturated heterocycles. The van der Waals surface area contributed by atoms with E-state index < -0.39 is 0 Å². The van der Waals surface area contributed by atoms with Crippen LogP contribution in [0.2, 0.25) is 0 Å². The van der Waals surface area contributed by atoms with Crippen molar-refractivity contribution in [2.24, 2.45) is 0 Å². The zero-order valence-corrected chi connectivity index (χ0v) is 10.1. The molecule has 0 spiro atoms. The highest BCUT2D eigenvalue weighted by Gasteiger charge is 2.35. The standard InChI is InChI=1S/C15H19NO/c17-11-12-4-6-13(7-5-12)15-9-8-14-3-1-2-10-16(14)15/h4-7,11,14-15H,1-3,8-10H2/t14-,15-/m0/s1. The minimum absolute atomic E-state index is 0.598. The molecule has 0 unspecified atom stereocenters. The first kappa shape index (κ1) is 11.0. The summed E-state index contributed by atoms with van der Waals surface area (Å²) in [7, 11) is 0. The van der Waals surface area contributed by atoms with E-state index in [1.165, 1.54) is 44.2 Å². The molecule has 2 heteroatoms. The monoisotopic (exact) mass is 229 g/mol. The van der Waals surface area contributed by atoms with Crippen LogP contribution in [0.25, 0.3) is 0 Å². The van der Waals surface area contributed by atoms with Crippen LogP contribution in [-0.4, -0.2) is 23.8 Å². The maximum atomic E-state index is 10.7. The van der Waals surface area contributed by atoms with Gasteiger partial charge in [0.05, 0.1) is 0 Å². The fraction of sp³-hybridized carbons (Fsp3) is 0.533. The molecule has 1 aromatic rings. The molecular formula is C15H19NO. The quantitative estimate of drug-likeness (QED) is 0.726. The Morgan fingerprint density at radius 2 is 1.88 bits per heavy atom. The second-order valence-corrected chi connectivity index (χ2v) is 5.27. The largest absolute Gasteiger partial charge is 0.298 e. The first-order valence-corrected chi connectivity index (χ1v) is 6.69. The molecule has 2 atom stereocenters. The van der Waals surface area contributed by atoms with Gasteiger partial charge in [0.15, 0.2) is 0 Å². The first-order chi connectivity index (χ1) is 8.38. The van der Waals surface area contributed by atoms with Crippen LogP contribution < -0.4 is 0 Å². The van der Waals surface area contributed by atoms with Crippen LogP contribution in [-0.2, 0) is 0 Å². The normalized spacial score (nSPS) is 28.9. The third-order valence-electron chi connectivity index (χ3n) is 4.30. The molecule has 0 bridgehead atoms. The number of fused-ring (bicyclic) bond motifs is 1. The smallest absolute Gasteiger partial charge is 0.150 e. The van der Waals surface area contributed by atoms with Gasteiger partial charge in [0.2, 0.25) is 0 Å². The first-order valence-electron chi connectivity index (χ1n) is 6.69. The van der Waals surface area contributed by atoms with Crippen molar-refractivity contribution in [3.63, 3.8) is 0 Å². The van der Waals surface area contributed by atoms with Crippen molar-refractivity contribution >= 4 is 6.29 Å². The summed E-state index contributed by atoms with van der Waals surface area (Å²) in [6, 6.07) is 9.57. The number of carbonyl (C=O) groups excluding carboxylic acids is 1. The number of rotatable bonds is 2. The fourth-order valence-electron chi connectivity index (χ4n) is 3.41. The lowest BCUT2D eigenvalue weighted by Gasteiger charge is -2.34. The second-order valence-electron chi connectivity index (χ2n) is 5.27. The van der Waals surface area contributed by atoms with Crippen LogP contribution >= 0.6 is 0 Å². The molecule has 0 aliphatic carbocycles. The van der Waals surface area contributed by atoms with Crippen molar-refractivity contribution in [2.45, 2.75) is 44.2 Å². The van der Waals surface area contributed by atoms with Gasteiger partial charge in [0.1, 0.15) is 6.29 Å². The SMILES string of the molecule is O=Cc1ccc([C@@H]2CC[C@@H]3CCCCN32)cc1. The summed E-state index contributed by atoms with van der Waals surface area (Å²) in [5, 5.41) is 0. The van der Waals surface area contributed by atoms with E-state index in [2.05, 4.69) is 17.0 Å². The average Bonchev–Trinajstić information content (AvgIpc) is 2.83. The van der Waals surface area contributed by atoms with Crippen molar-refractivity contribution < 1.29 is 4.79 Å². The predicted octanol–water partition coefficient (Wildman–Crippen LogP) is 3.19. The Balaban J connectivity index is 1.81. The van der Waals surface area contributed by atoms with E-state index in [9.17, 15) is 4.79 Å². The van der Waals surface area contributed by atoms with Gasteiger partial charge in [0, 0.05) is 17.6 Å².